The monoisotopic (exact) mass is 372 g/mol. The number of carbonyl (C=O) groups excluding carboxylic acids is 2. The van der Waals surface area contributed by atoms with E-state index in [9.17, 15) is 9.59 Å². The number of rotatable bonds is 4. The average molecular weight is 372 g/mol. The number of carbonyl (C=O) groups is 2. The summed E-state index contributed by atoms with van der Waals surface area (Å²) in [6, 6.07) is 16.4. The Balaban J connectivity index is 1.16. The van der Waals surface area contributed by atoms with Crippen LogP contribution in [0.5, 0.6) is 0 Å². The van der Waals surface area contributed by atoms with E-state index in [2.05, 4.69) is 46.7 Å². The molecule has 0 saturated carbocycles. The Labute approximate surface area is 165 Å². The highest BCUT2D eigenvalue weighted by atomic mass is 16.2. The topological polar surface area (TPSA) is 58.2 Å². The zero-order valence-electron chi connectivity index (χ0n) is 15.8. The molecule has 0 aliphatic heterocycles. The third kappa shape index (κ3) is 4.09. The molecule has 0 fully saturated rings. The summed E-state index contributed by atoms with van der Waals surface area (Å²) in [5, 5.41) is 5.78. The fourth-order valence-corrected chi connectivity index (χ4v) is 4.16. The molecule has 2 amide bonds. The van der Waals surface area contributed by atoms with E-state index in [0.29, 0.717) is 13.1 Å². The minimum absolute atomic E-state index is 0.00269. The van der Waals surface area contributed by atoms with Crippen molar-refractivity contribution in [3.05, 3.63) is 70.8 Å². The van der Waals surface area contributed by atoms with Crippen molar-refractivity contribution >= 4 is 11.8 Å². The van der Waals surface area contributed by atoms with Crippen molar-refractivity contribution in [1.29, 1.82) is 0 Å². The van der Waals surface area contributed by atoms with Gasteiger partial charge in [-0.15, -0.1) is 0 Å². The zero-order chi connectivity index (χ0) is 19.3. The fourth-order valence-electron chi connectivity index (χ4n) is 4.16. The lowest BCUT2D eigenvalue weighted by Gasteiger charge is -2.08. The molecular formula is C24H24N2O2. The standard InChI is InChI=1S/C24H24N2O2/c27-23(21-13-17-7-1-2-8-18(17)14-21)25-11-5-6-12-26-24(28)22-15-19-9-3-4-10-20(19)16-22/h1-4,7-10,21-22H,11-16H2,(H,25,27)(H,26,28). The van der Waals surface area contributed by atoms with Gasteiger partial charge in [-0.25, -0.2) is 0 Å². The smallest absolute Gasteiger partial charge is 0.224 e. The molecule has 0 bridgehead atoms. The maximum absolute atomic E-state index is 12.3. The van der Waals surface area contributed by atoms with E-state index in [1.165, 1.54) is 22.3 Å². The van der Waals surface area contributed by atoms with E-state index in [-0.39, 0.29) is 23.7 Å². The first-order valence-electron chi connectivity index (χ1n) is 9.85. The van der Waals surface area contributed by atoms with Crippen LogP contribution in [-0.4, -0.2) is 24.9 Å². The van der Waals surface area contributed by atoms with Crippen LogP contribution < -0.4 is 10.6 Å². The Hall–Kier alpha value is -3.06. The van der Waals surface area contributed by atoms with Gasteiger partial charge in [-0.2, -0.15) is 0 Å². The number of hydrogen-bond donors (Lipinski definition) is 2. The van der Waals surface area contributed by atoms with Crippen molar-refractivity contribution < 1.29 is 9.59 Å². The molecule has 0 unspecified atom stereocenters. The molecule has 0 aromatic heterocycles. The van der Waals surface area contributed by atoms with Gasteiger partial charge in [0.1, 0.15) is 0 Å². The SMILES string of the molecule is O=C(NCC#CCNC(=O)C1Cc2ccccc2C1)C1Cc2ccccc2C1. The molecule has 0 spiro atoms. The van der Waals surface area contributed by atoms with Gasteiger partial charge in [0.2, 0.25) is 11.8 Å². The predicted octanol–water partition coefficient (Wildman–Crippen LogP) is 2.05. The summed E-state index contributed by atoms with van der Waals surface area (Å²) in [6.45, 7) is 0.632. The zero-order valence-corrected chi connectivity index (χ0v) is 15.8. The van der Waals surface area contributed by atoms with Crippen molar-refractivity contribution in [2.24, 2.45) is 11.8 Å². The second kappa shape index (κ2) is 8.31. The fraction of sp³-hybridized carbons (Fsp3) is 0.333. The average Bonchev–Trinajstić information content (AvgIpc) is 3.34. The summed E-state index contributed by atoms with van der Waals surface area (Å²) in [5.74, 6) is 5.97. The van der Waals surface area contributed by atoms with Crippen LogP contribution in [0.2, 0.25) is 0 Å². The molecule has 2 aromatic rings. The predicted molar refractivity (Wildman–Crippen MR) is 108 cm³/mol. The maximum Gasteiger partial charge on any atom is 0.224 e. The summed E-state index contributed by atoms with van der Waals surface area (Å²) in [7, 11) is 0. The first-order chi connectivity index (χ1) is 13.7. The molecule has 2 aliphatic carbocycles. The molecule has 2 aromatic carbocycles. The summed E-state index contributed by atoms with van der Waals surface area (Å²) in [6.07, 6.45) is 3.20. The highest BCUT2D eigenvalue weighted by Crippen LogP contribution is 2.27. The van der Waals surface area contributed by atoms with Gasteiger partial charge in [0, 0.05) is 11.8 Å². The largest absolute Gasteiger partial charge is 0.345 e. The van der Waals surface area contributed by atoms with Crippen molar-refractivity contribution in [2.45, 2.75) is 25.7 Å². The van der Waals surface area contributed by atoms with Crippen LogP contribution in [0, 0.1) is 23.7 Å². The van der Waals surface area contributed by atoms with Crippen LogP contribution >= 0.6 is 0 Å². The molecule has 4 heteroatoms. The summed E-state index contributed by atoms with van der Waals surface area (Å²) in [4.78, 5) is 24.6. The normalized spacial score (nSPS) is 15.3. The van der Waals surface area contributed by atoms with Crippen LogP contribution in [0.1, 0.15) is 22.3 Å². The van der Waals surface area contributed by atoms with Crippen molar-refractivity contribution in [3.8, 4) is 11.8 Å². The van der Waals surface area contributed by atoms with Gasteiger partial charge >= 0.3 is 0 Å². The number of benzene rings is 2. The van der Waals surface area contributed by atoms with E-state index in [4.69, 9.17) is 0 Å². The van der Waals surface area contributed by atoms with Crippen molar-refractivity contribution in [2.75, 3.05) is 13.1 Å². The third-order valence-corrected chi connectivity index (χ3v) is 5.67. The molecule has 2 N–H and O–H groups in total. The lowest BCUT2D eigenvalue weighted by Crippen LogP contribution is -2.32. The molecule has 4 rings (SSSR count). The van der Waals surface area contributed by atoms with E-state index in [1.807, 2.05) is 24.3 Å². The molecular weight excluding hydrogens is 348 g/mol. The molecule has 0 saturated heterocycles. The molecule has 2 aliphatic rings. The van der Waals surface area contributed by atoms with Gasteiger partial charge in [0.25, 0.3) is 0 Å². The summed E-state index contributed by atoms with van der Waals surface area (Å²) in [5.41, 5.74) is 5.08. The van der Waals surface area contributed by atoms with Gasteiger partial charge in [0.05, 0.1) is 13.1 Å². The van der Waals surface area contributed by atoms with Crippen LogP contribution in [0.4, 0.5) is 0 Å². The van der Waals surface area contributed by atoms with Gasteiger partial charge in [-0.1, -0.05) is 60.4 Å². The molecule has 142 valence electrons. The van der Waals surface area contributed by atoms with Gasteiger partial charge < -0.3 is 10.6 Å². The second-order valence-corrected chi connectivity index (χ2v) is 7.54. The molecule has 28 heavy (non-hydrogen) atoms. The lowest BCUT2D eigenvalue weighted by molar-refractivity contribution is -0.125. The third-order valence-electron chi connectivity index (χ3n) is 5.67. The number of amides is 2. The minimum Gasteiger partial charge on any atom is -0.345 e. The van der Waals surface area contributed by atoms with Crippen LogP contribution in [-0.2, 0) is 35.3 Å². The van der Waals surface area contributed by atoms with E-state index >= 15 is 0 Å². The Morgan fingerprint density at radius 1 is 0.679 bits per heavy atom. The summed E-state index contributed by atoms with van der Waals surface area (Å²) < 4.78 is 0. The van der Waals surface area contributed by atoms with Crippen LogP contribution in [0.25, 0.3) is 0 Å². The first-order valence-corrected chi connectivity index (χ1v) is 9.85. The Kier molecular flexibility index (Phi) is 5.43. The first kappa shape index (κ1) is 18.3. The highest BCUT2D eigenvalue weighted by molar-refractivity contribution is 5.81. The minimum atomic E-state index is 0.00269. The van der Waals surface area contributed by atoms with Crippen LogP contribution in [0.3, 0.4) is 0 Å². The Bertz CT molecular complexity index is 829. The number of nitrogens with one attached hydrogen (secondary N) is 2. The van der Waals surface area contributed by atoms with Crippen molar-refractivity contribution in [3.63, 3.8) is 0 Å². The summed E-state index contributed by atoms with van der Waals surface area (Å²) >= 11 is 0. The van der Waals surface area contributed by atoms with Crippen molar-refractivity contribution in [1.82, 2.24) is 10.6 Å². The number of hydrogen-bond acceptors (Lipinski definition) is 2. The van der Waals surface area contributed by atoms with E-state index in [0.717, 1.165) is 25.7 Å². The molecule has 0 radical (unpaired) electrons. The van der Waals surface area contributed by atoms with Gasteiger partial charge in [0.15, 0.2) is 0 Å². The van der Waals surface area contributed by atoms with Crippen LogP contribution in [0.15, 0.2) is 48.5 Å². The highest BCUT2D eigenvalue weighted by Gasteiger charge is 2.27. The molecule has 0 heterocycles. The quantitative estimate of drug-likeness (QED) is 0.807. The Morgan fingerprint density at radius 3 is 1.32 bits per heavy atom. The molecule has 4 nitrogen and oxygen atoms in total. The van der Waals surface area contributed by atoms with Gasteiger partial charge in [-0.05, 0) is 47.9 Å². The lowest BCUT2D eigenvalue weighted by atomic mass is 10.1. The van der Waals surface area contributed by atoms with E-state index < -0.39 is 0 Å². The number of fused-ring (bicyclic) bond motifs is 2. The molecule has 0 atom stereocenters. The van der Waals surface area contributed by atoms with Gasteiger partial charge in [-0.3, -0.25) is 9.59 Å². The maximum atomic E-state index is 12.3. The Morgan fingerprint density at radius 2 is 1.00 bits per heavy atom. The van der Waals surface area contributed by atoms with E-state index in [1.54, 1.807) is 0 Å². The second-order valence-electron chi connectivity index (χ2n) is 7.54.